The average molecular weight is 260 g/mol. The van der Waals surface area contributed by atoms with Crippen molar-refractivity contribution in [1.29, 1.82) is 0 Å². The molecule has 0 unspecified atom stereocenters. The molecule has 0 aliphatic heterocycles. The number of rotatable bonds is 3. The number of nitrogens with zero attached hydrogens (tertiary/aromatic N) is 1. The number of benzene rings is 1. The van der Waals surface area contributed by atoms with Crippen LogP contribution < -0.4 is 5.32 Å². The van der Waals surface area contributed by atoms with E-state index in [2.05, 4.69) is 42.3 Å². The molecule has 0 radical (unpaired) electrons. The maximum absolute atomic E-state index is 11.0. The van der Waals surface area contributed by atoms with Crippen LogP contribution >= 0.6 is 11.3 Å². The smallest absolute Gasteiger partial charge is 0.223 e. The standard InChI is InChI=1S/C14H16N2OS/c1-4-11-5-9(2)6-12(7-11)13-8-18-14(16-13)15-10(3)17/h5-8H,4H2,1-3H3,(H,15,16,17). The lowest BCUT2D eigenvalue weighted by molar-refractivity contribution is -0.114. The van der Waals surface area contributed by atoms with Gasteiger partial charge in [-0.1, -0.05) is 18.6 Å². The molecule has 0 atom stereocenters. The van der Waals surface area contributed by atoms with E-state index >= 15 is 0 Å². The van der Waals surface area contributed by atoms with Gasteiger partial charge < -0.3 is 5.32 Å². The Labute approximate surface area is 111 Å². The summed E-state index contributed by atoms with van der Waals surface area (Å²) >= 11 is 1.45. The van der Waals surface area contributed by atoms with E-state index in [4.69, 9.17) is 0 Å². The molecule has 94 valence electrons. The lowest BCUT2D eigenvalue weighted by Gasteiger charge is -2.03. The molecule has 1 aromatic carbocycles. The third-order valence-electron chi connectivity index (χ3n) is 2.63. The number of anilines is 1. The zero-order valence-electron chi connectivity index (χ0n) is 10.8. The highest BCUT2D eigenvalue weighted by atomic mass is 32.1. The number of carbonyl (C=O) groups excluding carboxylic acids is 1. The van der Waals surface area contributed by atoms with Gasteiger partial charge in [0.05, 0.1) is 5.69 Å². The molecule has 1 heterocycles. The predicted molar refractivity (Wildman–Crippen MR) is 76.0 cm³/mol. The van der Waals surface area contributed by atoms with Gasteiger partial charge in [-0.05, 0) is 31.0 Å². The van der Waals surface area contributed by atoms with Gasteiger partial charge in [0.2, 0.25) is 5.91 Å². The molecule has 18 heavy (non-hydrogen) atoms. The summed E-state index contributed by atoms with van der Waals surface area (Å²) in [6.07, 6.45) is 1.01. The summed E-state index contributed by atoms with van der Waals surface area (Å²) in [6, 6.07) is 6.45. The van der Waals surface area contributed by atoms with Gasteiger partial charge in [0, 0.05) is 17.9 Å². The van der Waals surface area contributed by atoms with Crippen molar-refractivity contribution in [3.05, 3.63) is 34.7 Å². The van der Waals surface area contributed by atoms with E-state index in [9.17, 15) is 4.79 Å². The van der Waals surface area contributed by atoms with Gasteiger partial charge >= 0.3 is 0 Å². The van der Waals surface area contributed by atoms with E-state index in [-0.39, 0.29) is 5.91 Å². The molecule has 0 spiro atoms. The second-order valence-electron chi connectivity index (χ2n) is 4.28. The maximum atomic E-state index is 11.0. The quantitative estimate of drug-likeness (QED) is 0.915. The Morgan fingerprint density at radius 1 is 1.39 bits per heavy atom. The summed E-state index contributed by atoms with van der Waals surface area (Å²) in [5.74, 6) is -0.0885. The first kappa shape index (κ1) is 12.8. The molecule has 0 saturated heterocycles. The Balaban J connectivity index is 2.33. The molecule has 2 aromatic rings. The maximum Gasteiger partial charge on any atom is 0.223 e. The van der Waals surface area contributed by atoms with E-state index < -0.39 is 0 Å². The van der Waals surface area contributed by atoms with Crippen LogP contribution in [-0.2, 0) is 11.2 Å². The summed E-state index contributed by atoms with van der Waals surface area (Å²) < 4.78 is 0. The minimum atomic E-state index is -0.0885. The normalized spacial score (nSPS) is 10.4. The molecule has 0 aliphatic carbocycles. The first-order valence-corrected chi connectivity index (χ1v) is 6.80. The molecule has 1 aromatic heterocycles. The van der Waals surface area contributed by atoms with Crippen LogP contribution in [0.25, 0.3) is 11.3 Å². The van der Waals surface area contributed by atoms with E-state index in [1.54, 1.807) is 0 Å². The highest BCUT2D eigenvalue weighted by Gasteiger charge is 2.07. The highest BCUT2D eigenvalue weighted by Crippen LogP contribution is 2.26. The molecule has 2 rings (SSSR count). The summed E-state index contributed by atoms with van der Waals surface area (Å²) in [5.41, 5.74) is 4.57. The Kier molecular flexibility index (Phi) is 3.77. The second kappa shape index (κ2) is 5.31. The van der Waals surface area contributed by atoms with Gasteiger partial charge in [-0.25, -0.2) is 4.98 Å². The molecule has 0 saturated carbocycles. The van der Waals surface area contributed by atoms with Crippen molar-refractivity contribution < 1.29 is 4.79 Å². The van der Waals surface area contributed by atoms with E-state index in [0.717, 1.165) is 17.7 Å². The van der Waals surface area contributed by atoms with Crippen LogP contribution in [0.4, 0.5) is 5.13 Å². The van der Waals surface area contributed by atoms with Gasteiger partial charge in [0.1, 0.15) is 0 Å². The number of aromatic nitrogens is 1. The predicted octanol–water partition coefficient (Wildman–Crippen LogP) is 3.64. The van der Waals surface area contributed by atoms with Crippen LogP contribution in [0.15, 0.2) is 23.6 Å². The summed E-state index contributed by atoms with van der Waals surface area (Å²) in [5, 5.41) is 5.33. The fourth-order valence-electron chi connectivity index (χ4n) is 1.83. The van der Waals surface area contributed by atoms with Crippen LogP contribution in [0.3, 0.4) is 0 Å². The fraction of sp³-hybridized carbons (Fsp3) is 0.286. The first-order valence-electron chi connectivity index (χ1n) is 5.92. The average Bonchev–Trinajstić information content (AvgIpc) is 2.75. The minimum absolute atomic E-state index is 0.0885. The van der Waals surface area contributed by atoms with Gasteiger partial charge in [-0.2, -0.15) is 0 Å². The van der Waals surface area contributed by atoms with E-state index in [1.807, 2.05) is 5.38 Å². The summed E-state index contributed by atoms with van der Waals surface area (Å²) in [6.45, 7) is 5.72. The lowest BCUT2D eigenvalue weighted by atomic mass is 10.0. The van der Waals surface area contributed by atoms with Gasteiger partial charge in [0.25, 0.3) is 0 Å². The zero-order chi connectivity index (χ0) is 13.1. The van der Waals surface area contributed by atoms with Gasteiger partial charge in [-0.15, -0.1) is 11.3 Å². The Bertz CT molecular complexity index is 575. The number of nitrogens with one attached hydrogen (secondary N) is 1. The Hall–Kier alpha value is -1.68. The number of thiazole rings is 1. The molecular weight excluding hydrogens is 244 g/mol. The van der Waals surface area contributed by atoms with Crippen molar-refractivity contribution in [2.45, 2.75) is 27.2 Å². The molecule has 0 bridgehead atoms. The fourth-order valence-corrected chi connectivity index (χ4v) is 2.59. The van der Waals surface area contributed by atoms with Gasteiger partial charge in [0.15, 0.2) is 5.13 Å². The van der Waals surface area contributed by atoms with Crippen LogP contribution in [0.2, 0.25) is 0 Å². The minimum Gasteiger partial charge on any atom is -0.302 e. The van der Waals surface area contributed by atoms with E-state index in [1.165, 1.54) is 29.4 Å². The van der Waals surface area contributed by atoms with Crippen LogP contribution in [0.1, 0.15) is 25.0 Å². The monoisotopic (exact) mass is 260 g/mol. The van der Waals surface area contributed by atoms with Crippen molar-refractivity contribution in [2.75, 3.05) is 5.32 Å². The third kappa shape index (κ3) is 2.96. The number of carbonyl (C=O) groups is 1. The van der Waals surface area contributed by atoms with Crippen LogP contribution in [0.5, 0.6) is 0 Å². The van der Waals surface area contributed by atoms with Crippen LogP contribution in [-0.4, -0.2) is 10.9 Å². The topological polar surface area (TPSA) is 42.0 Å². The molecule has 1 amide bonds. The SMILES string of the molecule is CCc1cc(C)cc(-c2csc(NC(C)=O)n2)c1. The second-order valence-corrected chi connectivity index (χ2v) is 5.14. The number of aryl methyl sites for hydroxylation is 2. The molecule has 3 nitrogen and oxygen atoms in total. The van der Waals surface area contributed by atoms with Crippen molar-refractivity contribution in [2.24, 2.45) is 0 Å². The summed E-state index contributed by atoms with van der Waals surface area (Å²) in [7, 11) is 0. The highest BCUT2D eigenvalue weighted by molar-refractivity contribution is 7.14. The molecular formula is C14H16N2OS. The first-order chi connectivity index (χ1) is 8.58. The molecule has 0 fully saturated rings. The Morgan fingerprint density at radius 2 is 2.17 bits per heavy atom. The van der Waals surface area contributed by atoms with Gasteiger partial charge in [-0.3, -0.25) is 4.79 Å². The van der Waals surface area contributed by atoms with E-state index in [0.29, 0.717) is 5.13 Å². The summed E-state index contributed by atoms with van der Waals surface area (Å²) in [4.78, 5) is 15.4. The number of hydrogen-bond acceptors (Lipinski definition) is 3. The molecule has 1 N–H and O–H groups in total. The number of amides is 1. The largest absolute Gasteiger partial charge is 0.302 e. The number of hydrogen-bond donors (Lipinski definition) is 1. The van der Waals surface area contributed by atoms with Crippen molar-refractivity contribution in [3.8, 4) is 11.3 Å². The van der Waals surface area contributed by atoms with Crippen molar-refractivity contribution >= 4 is 22.4 Å². The molecule has 4 heteroatoms. The Morgan fingerprint density at radius 3 is 2.83 bits per heavy atom. The molecule has 0 aliphatic rings. The third-order valence-corrected chi connectivity index (χ3v) is 3.39. The van der Waals surface area contributed by atoms with Crippen molar-refractivity contribution in [3.63, 3.8) is 0 Å². The lowest BCUT2D eigenvalue weighted by Crippen LogP contribution is -2.04. The van der Waals surface area contributed by atoms with Crippen LogP contribution in [0, 0.1) is 6.92 Å². The zero-order valence-corrected chi connectivity index (χ0v) is 11.6. The van der Waals surface area contributed by atoms with Crippen molar-refractivity contribution in [1.82, 2.24) is 4.98 Å².